The Bertz CT molecular complexity index is 534. The van der Waals surface area contributed by atoms with E-state index in [-0.39, 0.29) is 11.3 Å². The Hall–Kier alpha value is -0.170. The number of hydrogen-bond acceptors (Lipinski definition) is 2. The minimum absolute atomic E-state index is 0.160. The smallest absolute Gasteiger partial charge is 0.183 e. The fourth-order valence-corrected chi connectivity index (χ4v) is 2.36. The predicted molar refractivity (Wildman–Crippen MR) is 72.3 cm³/mol. The fraction of sp³-hybridized carbons (Fsp3) is 0.0909. The average Bonchev–Trinajstić information content (AvgIpc) is 2.62. The van der Waals surface area contributed by atoms with E-state index in [9.17, 15) is 9.50 Å². The molecule has 1 heterocycles. The van der Waals surface area contributed by atoms with E-state index in [2.05, 4.69) is 47.8 Å². The highest BCUT2D eigenvalue weighted by molar-refractivity contribution is 9.13. The molecule has 0 spiro atoms. The highest BCUT2D eigenvalue weighted by Gasteiger charge is 2.20. The van der Waals surface area contributed by atoms with E-state index in [1.165, 1.54) is 12.1 Å². The molecule has 2 aromatic rings. The van der Waals surface area contributed by atoms with Crippen molar-refractivity contribution in [1.82, 2.24) is 0 Å². The summed E-state index contributed by atoms with van der Waals surface area (Å²) >= 11 is 9.63. The second kappa shape index (κ2) is 5.22. The van der Waals surface area contributed by atoms with Crippen LogP contribution in [0.15, 0.2) is 42.3 Å². The quantitative estimate of drug-likeness (QED) is 0.746. The zero-order chi connectivity index (χ0) is 12.6. The van der Waals surface area contributed by atoms with Gasteiger partial charge in [-0.3, -0.25) is 0 Å². The van der Waals surface area contributed by atoms with Crippen LogP contribution in [0.5, 0.6) is 0 Å². The van der Waals surface area contributed by atoms with Gasteiger partial charge < -0.3 is 9.52 Å². The zero-order valence-electron chi connectivity index (χ0n) is 8.25. The standard InChI is InChI=1S/C11H6Br3FO2/c12-5-1-2-8(15)6(3-5)10(16)9-4-7(13)11(14)17-9/h1-4,10,16H. The van der Waals surface area contributed by atoms with E-state index >= 15 is 0 Å². The number of hydrogen-bond donors (Lipinski definition) is 1. The van der Waals surface area contributed by atoms with Crippen LogP contribution in [0.1, 0.15) is 17.4 Å². The molecule has 90 valence electrons. The van der Waals surface area contributed by atoms with E-state index in [1.807, 2.05) is 0 Å². The molecule has 0 saturated carbocycles. The summed E-state index contributed by atoms with van der Waals surface area (Å²) in [5.74, 6) is -0.218. The van der Waals surface area contributed by atoms with Crippen molar-refractivity contribution in [3.05, 3.63) is 55.0 Å². The van der Waals surface area contributed by atoms with Crippen molar-refractivity contribution in [2.75, 3.05) is 0 Å². The third-order valence-electron chi connectivity index (χ3n) is 2.19. The van der Waals surface area contributed by atoms with Gasteiger partial charge in [0.25, 0.3) is 0 Å². The Balaban J connectivity index is 2.42. The van der Waals surface area contributed by atoms with Crippen molar-refractivity contribution in [3.63, 3.8) is 0 Å². The molecule has 0 aliphatic heterocycles. The van der Waals surface area contributed by atoms with Crippen LogP contribution in [0, 0.1) is 5.82 Å². The molecule has 0 radical (unpaired) electrons. The van der Waals surface area contributed by atoms with Crippen LogP contribution in [0.4, 0.5) is 4.39 Å². The first-order chi connectivity index (χ1) is 7.99. The molecule has 2 rings (SSSR count). The number of aliphatic hydroxyl groups excluding tert-OH is 1. The van der Waals surface area contributed by atoms with Crippen molar-refractivity contribution in [2.45, 2.75) is 6.10 Å². The summed E-state index contributed by atoms with van der Waals surface area (Å²) in [6, 6.07) is 5.97. The van der Waals surface area contributed by atoms with Gasteiger partial charge in [0.05, 0.1) is 4.47 Å². The second-order valence-corrected chi connectivity index (χ2v) is 5.83. The predicted octanol–water partition coefficient (Wildman–Crippen LogP) is 4.79. The lowest BCUT2D eigenvalue weighted by Crippen LogP contribution is -2.01. The third kappa shape index (κ3) is 2.81. The molecule has 0 aliphatic carbocycles. The molecule has 0 aliphatic rings. The van der Waals surface area contributed by atoms with E-state index < -0.39 is 11.9 Å². The normalized spacial score (nSPS) is 12.8. The molecule has 6 heteroatoms. The number of benzene rings is 1. The topological polar surface area (TPSA) is 33.4 Å². The van der Waals surface area contributed by atoms with E-state index in [0.717, 1.165) is 0 Å². The zero-order valence-corrected chi connectivity index (χ0v) is 13.0. The van der Waals surface area contributed by atoms with Crippen LogP contribution in [0.2, 0.25) is 0 Å². The molecule has 0 bridgehead atoms. The van der Waals surface area contributed by atoms with E-state index in [1.54, 1.807) is 12.1 Å². The maximum absolute atomic E-state index is 13.6. The van der Waals surface area contributed by atoms with Gasteiger partial charge in [-0.05, 0) is 56.1 Å². The Labute approximate surface area is 122 Å². The minimum Gasteiger partial charge on any atom is -0.450 e. The van der Waals surface area contributed by atoms with Crippen molar-refractivity contribution in [1.29, 1.82) is 0 Å². The third-order valence-corrected chi connectivity index (χ3v) is 4.39. The number of rotatable bonds is 2. The molecule has 1 N–H and O–H groups in total. The monoisotopic (exact) mass is 426 g/mol. The van der Waals surface area contributed by atoms with Crippen LogP contribution >= 0.6 is 47.8 Å². The molecule has 0 saturated heterocycles. The van der Waals surface area contributed by atoms with Gasteiger partial charge in [0, 0.05) is 10.0 Å². The Kier molecular flexibility index (Phi) is 4.07. The van der Waals surface area contributed by atoms with Gasteiger partial charge >= 0.3 is 0 Å². The number of furan rings is 1. The molecular weight excluding hydrogens is 423 g/mol. The summed E-state index contributed by atoms with van der Waals surface area (Å²) in [6.45, 7) is 0. The molecule has 1 aromatic carbocycles. The maximum atomic E-state index is 13.6. The summed E-state index contributed by atoms with van der Waals surface area (Å²) in [6.07, 6.45) is -1.14. The van der Waals surface area contributed by atoms with Gasteiger partial charge in [-0.1, -0.05) is 15.9 Å². The average molecular weight is 429 g/mol. The van der Waals surface area contributed by atoms with Crippen LogP contribution in [0.3, 0.4) is 0 Å². The van der Waals surface area contributed by atoms with Crippen molar-refractivity contribution in [2.24, 2.45) is 0 Å². The van der Waals surface area contributed by atoms with Crippen molar-refractivity contribution in [3.8, 4) is 0 Å². The highest BCUT2D eigenvalue weighted by Crippen LogP contribution is 2.34. The molecule has 1 atom stereocenters. The molecule has 1 unspecified atom stereocenters. The summed E-state index contributed by atoms with van der Waals surface area (Å²) in [7, 11) is 0. The molecule has 17 heavy (non-hydrogen) atoms. The van der Waals surface area contributed by atoms with Gasteiger partial charge in [-0.15, -0.1) is 0 Å². The number of aliphatic hydroxyl groups is 1. The molecule has 2 nitrogen and oxygen atoms in total. The molecule has 0 amide bonds. The summed E-state index contributed by atoms with van der Waals surface area (Å²) in [5.41, 5.74) is 0.160. The minimum atomic E-state index is -1.14. The Morgan fingerprint density at radius 3 is 2.47 bits per heavy atom. The molecular formula is C11H6Br3FO2. The lowest BCUT2D eigenvalue weighted by Gasteiger charge is -2.09. The first-order valence-corrected chi connectivity index (χ1v) is 6.94. The highest BCUT2D eigenvalue weighted by atomic mass is 79.9. The van der Waals surface area contributed by atoms with Gasteiger partial charge in [-0.2, -0.15) is 0 Å². The lowest BCUT2D eigenvalue weighted by atomic mass is 10.1. The van der Waals surface area contributed by atoms with Crippen LogP contribution in [-0.4, -0.2) is 5.11 Å². The first kappa shape index (κ1) is 13.3. The van der Waals surface area contributed by atoms with E-state index in [0.29, 0.717) is 13.6 Å². The van der Waals surface area contributed by atoms with Gasteiger partial charge in [0.15, 0.2) is 4.67 Å². The first-order valence-electron chi connectivity index (χ1n) is 4.57. The summed E-state index contributed by atoms with van der Waals surface area (Å²) in [5, 5.41) is 10.0. The summed E-state index contributed by atoms with van der Waals surface area (Å²) in [4.78, 5) is 0. The second-order valence-electron chi connectivity index (χ2n) is 3.34. The van der Waals surface area contributed by atoms with Crippen LogP contribution in [-0.2, 0) is 0 Å². The molecule has 0 fully saturated rings. The maximum Gasteiger partial charge on any atom is 0.183 e. The Morgan fingerprint density at radius 2 is 1.88 bits per heavy atom. The number of halogens is 4. The van der Waals surface area contributed by atoms with Crippen LogP contribution < -0.4 is 0 Å². The Morgan fingerprint density at radius 1 is 1.18 bits per heavy atom. The molecule has 1 aromatic heterocycles. The van der Waals surface area contributed by atoms with Crippen LogP contribution in [0.25, 0.3) is 0 Å². The van der Waals surface area contributed by atoms with Gasteiger partial charge in [0.2, 0.25) is 0 Å². The largest absolute Gasteiger partial charge is 0.450 e. The van der Waals surface area contributed by atoms with Gasteiger partial charge in [-0.25, -0.2) is 4.39 Å². The summed E-state index contributed by atoms with van der Waals surface area (Å²) < 4.78 is 20.7. The van der Waals surface area contributed by atoms with E-state index in [4.69, 9.17) is 4.42 Å². The lowest BCUT2D eigenvalue weighted by molar-refractivity contribution is 0.183. The SMILES string of the molecule is OC(c1cc(Br)c(Br)o1)c1cc(Br)ccc1F. The fourth-order valence-electron chi connectivity index (χ4n) is 1.38. The van der Waals surface area contributed by atoms with Gasteiger partial charge in [0.1, 0.15) is 17.7 Å². The van der Waals surface area contributed by atoms with Crippen molar-refractivity contribution < 1.29 is 13.9 Å². The van der Waals surface area contributed by atoms with Crippen molar-refractivity contribution >= 4 is 47.8 Å².